The van der Waals surface area contributed by atoms with Crippen molar-refractivity contribution in [3.05, 3.63) is 46.9 Å². The molecular formula is C25H26ClN5O4. The lowest BCUT2D eigenvalue weighted by atomic mass is 10.0. The number of hydrogen-bond acceptors (Lipinski definition) is 7. The van der Waals surface area contributed by atoms with Crippen LogP contribution in [0.3, 0.4) is 0 Å². The number of morpholine rings is 1. The van der Waals surface area contributed by atoms with Gasteiger partial charge in [0.25, 0.3) is 0 Å². The summed E-state index contributed by atoms with van der Waals surface area (Å²) in [6.07, 6.45) is 2.86. The molecule has 2 aromatic heterocycles. The molecule has 3 aliphatic rings. The van der Waals surface area contributed by atoms with Gasteiger partial charge >= 0.3 is 0 Å². The van der Waals surface area contributed by atoms with Crippen LogP contribution in [0.15, 0.2) is 30.7 Å². The zero-order valence-electron chi connectivity index (χ0n) is 19.7. The molecule has 0 radical (unpaired) electrons. The summed E-state index contributed by atoms with van der Waals surface area (Å²) in [4.78, 5) is 31.5. The number of carbonyl (C=O) groups excluding carboxylic acids is 2. The lowest BCUT2D eigenvalue weighted by Gasteiger charge is -2.26. The number of aryl methyl sites for hydroxylation is 1. The van der Waals surface area contributed by atoms with Gasteiger partial charge in [-0.1, -0.05) is 25.4 Å². The van der Waals surface area contributed by atoms with E-state index in [2.05, 4.69) is 15.4 Å². The first kappa shape index (κ1) is 22.5. The van der Waals surface area contributed by atoms with Gasteiger partial charge in [0.1, 0.15) is 17.8 Å². The number of hydrogen-bond donors (Lipinski definition) is 1. The average molecular weight is 496 g/mol. The Kier molecular flexibility index (Phi) is 5.14. The molecule has 1 aromatic carbocycles. The van der Waals surface area contributed by atoms with Gasteiger partial charge in [-0.2, -0.15) is 5.10 Å². The van der Waals surface area contributed by atoms with Crippen molar-refractivity contribution in [3.8, 4) is 17.0 Å². The normalized spacial score (nSPS) is 25.3. The van der Waals surface area contributed by atoms with E-state index in [1.54, 1.807) is 4.52 Å². The van der Waals surface area contributed by atoms with E-state index in [-0.39, 0.29) is 35.6 Å². The summed E-state index contributed by atoms with van der Waals surface area (Å²) < 4.78 is 13.7. The van der Waals surface area contributed by atoms with E-state index in [0.29, 0.717) is 29.6 Å². The van der Waals surface area contributed by atoms with Gasteiger partial charge in [0.05, 0.1) is 37.0 Å². The number of nitrogens with one attached hydrogen (secondary N) is 1. The molecule has 2 amide bonds. The van der Waals surface area contributed by atoms with Gasteiger partial charge < -0.3 is 14.8 Å². The fourth-order valence-corrected chi connectivity index (χ4v) is 5.70. The van der Waals surface area contributed by atoms with Crippen LogP contribution in [0.4, 0.5) is 0 Å². The van der Waals surface area contributed by atoms with Crippen LogP contribution in [-0.2, 0) is 20.9 Å². The van der Waals surface area contributed by atoms with E-state index in [4.69, 9.17) is 21.1 Å². The molecule has 35 heavy (non-hydrogen) atoms. The average Bonchev–Trinajstić information content (AvgIpc) is 3.07. The highest BCUT2D eigenvalue weighted by molar-refractivity contribution is 6.31. The van der Waals surface area contributed by atoms with E-state index in [0.717, 1.165) is 28.8 Å². The number of carbonyl (C=O) groups is 2. The van der Waals surface area contributed by atoms with Crippen LogP contribution in [0.1, 0.15) is 25.0 Å². The monoisotopic (exact) mass is 495 g/mol. The summed E-state index contributed by atoms with van der Waals surface area (Å²) in [7, 11) is 0. The fraction of sp³-hybridized carbons (Fsp3) is 0.440. The minimum atomic E-state index is -0.426. The highest BCUT2D eigenvalue weighted by Gasteiger charge is 2.72. The lowest BCUT2D eigenvalue weighted by molar-refractivity contribution is -0.143. The highest BCUT2D eigenvalue weighted by Crippen LogP contribution is 2.63. The van der Waals surface area contributed by atoms with E-state index < -0.39 is 6.29 Å². The maximum absolute atomic E-state index is 12.8. The van der Waals surface area contributed by atoms with E-state index in [9.17, 15) is 9.59 Å². The predicted octanol–water partition coefficient (Wildman–Crippen LogP) is 2.82. The molecule has 3 fully saturated rings. The first-order chi connectivity index (χ1) is 16.8. The Balaban J connectivity index is 1.35. The summed E-state index contributed by atoms with van der Waals surface area (Å²) in [6.45, 7) is 8.03. The van der Waals surface area contributed by atoms with E-state index in [1.165, 1.54) is 11.2 Å². The van der Waals surface area contributed by atoms with E-state index >= 15 is 0 Å². The topological polar surface area (TPSA) is 98.1 Å². The molecule has 1 saturated carbocycles. The Morgan fingerprint density at radius 1 is 1.23 bits per heavy atom. The second kappa shape index (κ2) is 8.01. The Bertz CT molecular complexity index is 1340. The summed E-state index contributed by atoms with van der Waals surface area (Å²) >= 11 is 6.43. The first-order valence-electron chi connectivity index (χ1n) is 11.7. The molecule has 0 spiro atoms. The van der Waals surface area contributed by atoms with Crippen LogP contribution < -0.4 is 10.1 Å². The quantitative estimate of drug-likeness (QED) is 0.543. The number of piperidine rings is 1. The number of likely N-dealkylation sites (tertiary alicyclic amines) is 1. The number of rotatable bonds is 5. The second-order valence-electron chi connectivity index (χ2n) is 10.0. The minimum Gasteiger partial charge on any atom is -0.463 e. The summed E-state index contributed by atoms with van der Waals surface area (Å²) in [5.41, 5.74) is 3.51. The number of ether oxygens (including phenoxy) is 2. The highest BCUT2D eigenvalue weighted by atomic mass is 35.5. The van der Waals surface area contributed by atoms with Gasteiger partial charge in [-0.25, -0.2) is 9.50 Å². The maximum Gasteiger partial charge on any atom is 0.233 e. The Labute approximate surface area is 207 Å². The van der Waals surface area contributed by atoms with Crippen molar-refractivity contribution >= 4 is 28.9 Å². The van der Waals surface area contributed by atoms with Gasteiger partial charge in [0.2, 0.25) is 18.1 Å². The zero-order chi connectivity index (χ0) is 24.5. The lowest BCUT2D eigenvalue weighted by Crippen LogP contribution is -2.41. The van der Waals surface area contributed by atoms with Gasteiger partial charge in [-0.3, -0.25) is 14.5 Å². The van der Waals surface area contributed by atoms with Crippen LogP contribution in [-0.4, -0.2) is 57.3 Å². The molecular weight excluding hydrogens is 470 g/mol. The van der Waals surface area contributed by atoms with Crippen molar-refractivity contribution in [1.29, 1.82) is 0 Å². The molecule has 2 saturated heterocycles. The number of nitrogens with zero attached hydrogens (tertiary/aromatic N) is 4. The standard InChI is InChI=1S/C25H26ClN5O4/c1-13-6-15(26)8-16(22(13)35-18-9-27-4-5-34-18)21-17-7-14(11-31(17)29-12-28-21)10-30-23(32)19-20(24(30)33)25(19,2)3/h6-8,11-12,18-20,27H,4-5,9-10H2,1-3H3/t18-,19?,20?/m1/s1. The SMILES string of the molecule is Cc1cc(Cl)cc(-c2ncnn3cc(CN4C(=O)C5C(C4=O)C5(C)C)cc23)c1O[C@@H]1CNCCO1. The summed E-state index contributed by atoms with van der Waals surface area (Å²) in [5, 5.41) is 8.17. The molecule has 4 heterocycles. The van der Waals surface area contributed by atoms with Crippen molar-refractivity contribution in [2.45, 2.75) is 33.6 Å². The molecule has 1 N–H and O–H groups in total. The smallest absolute Gasteiger partial charge is 0.233 e. The van der Waals surface area contributed by atoms with Gasteiger partial charge in [0, 0.05) is 23.3 Å². The Morgan fingerprint density at radius 2 is 2.00 bits per heavy atom. The van der Waals surface area contributed by atoms with Crippen LogP contribution in [0.2, 0.25) is 5.02 Å². The zero-order valence-corrected chi connectivity index (χ0v) is 20.5. The third-order valence-electron chi connectivity index (χ3n) is 7.33. The number of benzene rings is 1. The van der Waals surface area contributed by atoms with Crippen LogP contribution in [0, 0.1) is 24.2 Å². The third-order valence-corrected chi connectivity index (χ3v) is 7.55. The van der Waals surface area contributed by atoms with E-state index in [1.807, 2.05) is 45.2 Å². The molecule has 2 unspecified atom stereocenters. The van der Waals surface area contributed by atoms with Gasteiger partial charge in [0.15, 0.2) is 0 Å². The number of fused-ring (bicyclic) bond motifs is 2. The van der Waals surface area contributed by atoms with Crippen LogP contribution in [0.5, 0.6) is 5.75 Å². The van der Waals surface area contributed by atoms with Crippen molar-refractivity contribution < 1.29 is 19.1 Å². The van der Waals surface area contributed by atoms with Crippen molar-refractivity contribution in [1.82, 2.24) is 24.8 Å². The fourth-order valence-electron chi connectivity index (χ4n) is 5.43. The Morgan fingerprint density at radius 3 is 2.71 bits per heavy atom. The molecule has 9 nitrogen and oxygen atoms in total. The molecule has 3 aromatic rings. The van der Waals surface area contributed by atoms with Crippen molar-refractivity contribution in [3.63, 3.8) is 0 Å². The van der Waals surface area contributed by atoms with Crippen LogP contribution >= 0.6 is 11.6 Å². The van der Waals surface area contributed by atoms with Gasteiger partial charge in [-0.15, -0.1) is 0 Å². The summed E-state index contributed by atoms with van der Waals surface area (Å²) in [5.74, 6) is 0.0577. The molecule has 0 bridgehead atoms. The number of amides is 2. The molecule has 182 valence electrons. The number of imide groups is 1. The molecule has 3 atom stereocenters. The molecule has 1 aliphatic carbocycles. The van der Waals surface area contributed by atoms with Crippen molar-refractivity contribution in [2.24, 2.45) is 17.3 Å². The second-order valence-corrected chi connectivity index (χ2v) is 10.5. The molecule has 2 aliphatic heterocycles. The van der Waals surface area contributed by atoms with Gasteiger partial charge in [-0.05, 0) is 41.7 Å². The molecule has 6 rings (SSSR count). The Hall–Kier alpha value is -3.01. The first-order valence-corrected chi connectivity index (χ1v) is 12.1. The molecule has 10 heteroatoms. The number of halogens is 1. The maximum atomic E-state index is 12.8. The largest absolute Gasteiger partial charge is 0.463 e. The predicted molar refractivity (Wildman–Crippen MR) is 128 cm³/mol. The summed E-state index contributed by atoms with van der Waals surface area (Å²) in [6, 6.07) is 5.57. The third kappa shape index (κ3) is 3.61. The van der Waals surface area contributed by atoms with Crippen molar-refractivity contribution in [2.75, 3.05) is 19.7 Å². The number of aromatic nitrogens is 3. The van der Waals surface area contributed by atoms with Crippen LogP contribution in [0.25, 0.3) is 16.8 Å². The minimum absolute atomic E-state index is 0.0891.